The van der Waals surface area contributed by atoms with Crippen LogP contribution in [-0.4, -0.2) is 55.0 Å². The van der Waals surface area contributed by atoms with Gasteiger partial charge >= 0.3 is 0 Å². The predicted octanol–water partition coefficient (Wildman–Crippen LogP) is 4.12. The highest BCUT2D eigenvalue weighted by Crippen LogP contribution is 2.40. The first-order valence-corrected chi connectivity index (χ1v) is 11.1. The number of ketones is 1. The fourth-order valence-electron chi connectivity index (χ4n) is 4.14. The molecular weight excluding hydrogens is 460 g/mol. The van der Waals surface area contributed by atoms with Crippen molar-refractivity contribution < 1.29 is 19.4 Å². The van der Waals surface area contributed by atoms with Gasteiger partial charge in [0.1, 0.15) is 5.76 Å². The molecule has 2 aromatic carbocycles. The minimum atomic E-state index is -0.667. The minimum absolute atomic E-state index is 0.102. The summed E-state index contributed by atoms with van der Waals surface area (Å²) in [6.45, 7) is 0.984. The van der Waals surface area contributed by atoms with Crippen LogP contribution in [0.5, 0.6) is 0 Å². The van der Waals surface area contributed by atoms with Gasteiger partial charge in [-0.1, -0.05) is 40.2 Å². The van der Waals surface area contributed by atoms with Gasteiger partial charge in [-0.15, -0.1) is 0 Å². The van der Waals surface area contributed by atoms with Gasteiger partial charge in [-0.25, -0.2) is 0 Å². The van der Waals surface area contributed by atoms with Crippen LogP contribution in [0.4, 0.5) is 5.69 Å². The molecule has 6 nitrogen and oxygen atoms in total. The molecule has 0 unspecified atom stereocenters. The van der Waals surface area contributed by atoms with Crippen molar-refractivity contribution in [3.05, 3.63) is 69.7 Å². The molecule has 1 N–H and O–H groups in total. The lowest BCUT2D eigenvalue weighted by molar-refractivity contribution is -0.140. The molecule has 0 saturated carbocycles. The molecule has 162 valence electrons. The second-order valence-electron chi connectivity index (χ2n) is 8.08. The number of Topliss-reactive ketones (excluding diaryl/α,β-unsaturated/α-hetero) is 1. The number of halogens is 1. The SMILES string of the molecule is CN(C)c1ccc([C@@H]2C(=C(O)c3ccc(Br)cc3)C(=O)C(=O)N2C[C@@H]2CCCO2)cc1. The second kappa shape index (κ2) is 8.85. The van der Waals surface area contributed by atoms with Gasteiger partial charge in [-0.05, 0) is 42.7 Å². The fraction of sp³-hybridized carbons (Fsp3) is 0.333. The Hall–Kier alpha value is -2.64. The van der Waals surface area contributed by atoms with Gasteiger partial charge in [0.05, 0.1) is 17.7 Å². The molecule has 0 aliphatic carbocycles. The van der Waals surface area contributed by atoms with Crippen LogP contribution in [0.15, 0.2) is 58.6 Å². The third-order valence-electron chi connectivity index (χ3n) is 5.81. The van der Waals surface area contributed by atoms with E-state index in [0.717, 1.165) is 28.6 Å². The summed E-state index contributed by atoms with van der Waals surface area (Å²) in [5.41, 5.74) is 2.39. The van der Waals surface area contributed by atoms with Crippen molar-refractivity contribution in [2.45, 2.75) is 25.0 Å². The van der Waals surface area contributed by atoms with Crippen LogP contribution in [0.2, 0.25) is 0 Å². The summed E-state index contributed by atoms with van der Waals surface area (Å²) in [6, 6.07) is 14.1. The molecule has 2 aliphatic heterocycles. The molecule has 31 heavy (non-hydrogen) atoms. The van der Waals surface area contributed by atoms with Crippen molar-refractivity contribution in [1.29, 1.82) is 0 Å². The summed E-state index contributed by atoms with van der Waals surface area (Å²) in [5.74, 6) is -1.43. The smallest absolute Gasteiger partial charge is 0.295 e. The largest absolute Gasteiger partial charge is 0.507 e. The van der Waals surface area contributed by atoms with Crippen LogP contribution in [0.25, 0.3) is 5.76 Å². The van der Waals surface area contributed by atoms with Crippen LogP contribution >= 0.6 is 15.9 Å². The van der Waals surface area contributed by atoms with E-state index in [0.29, 0.717) is 18.7 Å². The Bertz CT molecular complexity index is 1010. The number of likely N-dealkylation sites (tertiary alicyclic amines) is 1. The van der Waals surface area contributed by atoms with E-state index in [1.807, 2.05) is 43.3 Å². The Morgan fingerprint density at radius 2 is 1.81 bits per heavy atom. The zero-order chi connectivity index (χ0) is 22.1. The number of carbonyl (C=O) groups is 2. The topological polar surface area (TPSA) is 70.1 Å². The first-order chi connectivity index (χ1) is 14.9. The van der Waals surface area contributed by atoms with E-state index < -0.39 is 17.7 Å². The fourth-order valence-corrected chi connectivity index (χ4v) is 4.40. The quantitative estimate of drug-likeness (QED) is 0.392. The van der Waals surface area contributed by atoms with Gasteiger partial charge in [0.2, 0.25) is 0 Å². The van der Waals surface area contributed by atoms with E-state index in [4.69, 9.17) is 4.74 Å². The molecule has 0 spiro atoms. The standard InChI is InChI=1S/C24H25BrN2O4/c1-26(2)18-11-7-15(8-12-18)21-20(22(28)16-5-9-17(25)10-6-16)23(29)24(30)27(21)14-19-4-3-13-31-19/h5-12,19,21,28H,3-4,13-14H2,1-2H3/t19-,21+/m0/s1. The number of hydrogen-bond donors (Lipinski definition) is 1. The normalized spacial score (nSPS) is 22.9. The van der Waals surface area contributed by atoms with E-state index >= 15 is 0 Å². The lowest BCUT2D eigenvalue weighted by atomic mass is 9.95. The maximum Gasteiger partial charge on any atom is 0.295 e. The second-order valence-corrected chi connectivity index (χ2v) is 9.00. The molecule has 2 aliphatic rings. The van der Waals surface area contributed by atoms with Gasteiger partial charge in [-0.2, -0.15) is 0 Å². The summed E-state index contributed by atoms with van der Waals surface area (Å²) in [7, 11) is 3.90. The molecule has 4 rings (SSSR count). The van der Waals surface area contributed by atoms with Crippen LogP contribution in [0.1, 0.15) is 30.0 Å². The molecule has 2 aromatic rings. The number of hydrogen-bond acceptors (Lipinski definition) is 5. The Morgan fingerprint density at radius 3 is 2.39 bits per heavy atom. The Kier molecular flexibility index (Phi) is 6.16. The molecule has 2 heterocycles. The van der Waals surface area contributed by atoms with Crippen molar-refractivity contribution in [2.24, 2.45) is 0 Å². The number of aliphatic hydroxyl groups is 1. The van der Waals surface area contributed by atoms with Crippen molar-refractivity contribution in [3.8, 4) is 0 Å². The molecule has 1 amide bonds. The number of anilines is 1. The number of rotatable bonds is 5. The van der Waals surface area contributed by atoms with Crippen molar-refractivity contribution in [1.82, 2.24) is 4.90 Å². The average Bonchev–Trinajstić information content (AvgIpc) is 3.36. The highest BCUT2D eigenvalue weighted by molar-refractivity contribution is 9.10. The predicted molar refractivity (Wildman–Crippen MR) is 123 cm³/mol. The third-order valence-corrected chi connectivity index (χ3v) is 6.34. The molecule has 2 fully saturated rings. The Morgan fingerprint density at radius 1 is 1.13 bits per heavy atom. The maximum atomic E-state index is 13.1. The summed E-state index contributed by atoms with van der Waals surface area (Å²) in [6.07, 6.45) is 1.69. The maximum absolute atomic E-state index is 13.1. The number of nitrogens with zero attached hydrogens (tertiary/aromatic N) is 2. The van der Waals surface area contributed by atoms with E-state index in [1.165, 1.54) is 0 Å². The lowest BCUT2D eigenvalue weighted by Crippen LogP contribution is -2.36. The van der Waals surface area contributed by atoms with Gasteiger partial charge in [0.25, 0.3) is 11.7 Å². The Labute approximate surface area is 190 Å². The molecule has 0 aromatic heterocycles. The lowest BCUT2D eigenvalue weighted by Gasteiger charge is -2.28. The van der Waals surface area contributed by atoms with Crippen molar-refractivity contribution in [3.63, 3.8) is 0 Å². The first-order valence-electron chi connectivity index (χ1n) is 10.3. The van der Waals surface area contributed by atoms with Gasteiger partial charge < -0.3 is 19.6 Å². The highest BCUT2D eigenvalue weighted by atomic mass is 79.9. The number of benzene rings is 2. The van der Waals surface area contributed by atoms with E-state index in [9.17, 15) is 14.7 Å². The molecule has 0 bridgehead atoms. The van der Waals surface area contributed by atoms with Crippen LogP contribution in [0, 0.1) is 0 Å². The van der Waals surface area contributed by atoms with Crippen molar-refractivity contribution >= 4 is 39.1 Å². The number of carbonyl (C=O) groups excluding carboxylic acids is 2. The van der Waals surface area contributed by atoms with Gasteiger partial charge in [0.15, 0.2) is 0 Å². The molecule has 2 atom stereocenters. The zero-order valence-corrected chi connectivity index (χ0v) is 19.1. The molecular formula is C24H25BrN2O4. The monoisotopic (exact) mass is 484 g/mol. The minimum Gasteiger partial charge on any atom is -0.507 e. The summed E-state index contributed by atoms with van der Waals surface area (Å²) >= 11 is 3.38. The van der Waals surface area contributed by atoms with Crippen LogP contribution < -0.4 is 4.90 Å². The number of amides is 1. The number of aliphatic hydroxyl groups excluding tert-OH is 1. The highest BCUT2D eigenvalue weighted by Gasteiger charge is 2.47. The summed E-state index contributed by atoms with van der Waals surface area (Å²) < 4.78 is 6.59. The molecule has 2 saturated heterocycles. The van der Waals surface area contributed by atoms with Gasteiger partial charge in [0, 0.05) is 43.0 Å². The third kappa shape index (κ3) is 4.25. The summed E-state index contributed by atoms with van der Waals surface area (Å²) in [5, 5.41) is 11.1. The zero-order valence-electron chi connectivity index (χ0n) is 17.5. The van der Waals surface area contributed by atoms with E-state index in [2.05, 4.69) is 15.9 Å². The molecule has 7 heteroatoms. The van der Waals surface area contributed by atoms with E-state index in [1.54, 1.807) is 29.2 Å². The van der Waals surface area contributed by atoms with E-state index in [-0.39, 0.29) is 17.4 Å². The van der Waals surface area contributed by atoms with Crippen LogP contribution in [0.3, 0.4) is 0 Å². The van der Waals surface area contributed by atoms with Crippen molar-refractivity contribution in [2.75, 3.05) is 32.1 Å². The number of ether oxygens (including phenoxy) is 1. The first kappa shape index (κ1) is 21.6. The Balaban J connectivity index is 1.80. The molecule has 0 radical (unpaired) electrons. The van der Waals surface area contributed by atoms with Crippen LogP contribution in [-0.2, 0) is 14.3 Å². The average molecular weight is 485 g/mol. The summed E-state index contributed by atoms with van der Waals surface area (Å²) in [4.78, 5) is 29.6. The van der Waals surface area contributed by atoms with Gasteiger partial charge in [-0.3, -0.25) is 9.59 Å².